The molecule has 3 aromatic rings. The van der Waals surface area contributed by atoms with Gasteiger partial charge in [-0.15, -0.1) is 0 Å². The van der Waals surface area contributed by atoms with Crippen LogP contribution in [-0.4, -0.2) is 53.0 Å². The molecule has 0 fully saturated rings. The van der Waals surface area contributed by atoms with E-state index in [1.807, 2.05) is 49.6 Å². The lowest BCUT2D eigenvalue weighted by Gasteiger charge is -2.28. The quantitative estimate of drug-likeness (QED) is 0.575. The number of carbonyl (C=O) groups excluding carboxylic acids is 2. The molecule has 0 aliphatic rings. The molecule has 0 unspecified atom stereocenters. The van der Waals surface area contributed by atoms with Crippen LogP contribution in [0.15, 0.2) is 67.0 Å². The van der Waals surface area contributed by atoms with Gasteiger partial charge in [0.1, 0.15) is 17.1 Å². The largest absolute Gasteiger partial charge is 0.497 e. The number of hydrogen-bond acceptors (Lipinski definition) is 4. The van der Waals surface area contributed by atoms with Crippen molar-refractivity contribution in [2.75, 3.05) is 20.7 Å². The molecule has 0 bridgehead atoms. The van der Waals surface area contributed by atoms with Crippen LogP contribution in [0, 0.1) is 0 Å². The van der Waals surface area contributed by atoms with Crippen molar-refractivity contribution in [1.82, 2.24) is 19.8 Å². The minimum absolute atomic E-state index is 0. The van der Waals surface area contributed by atoms with Gasteiger partial charge in [0.25, 0.3) is 11.8 Å². The summed E-state index contributed by atoms with van der Waals surface area (Å²) in [5.41, 5.74) is 2.05. The van der Waals surface area contributed by atoms with E-state index in [1.165, 1.54) is 0 Å². The molecular weight excluding hydrogens is 392 g/mol. The Balaban J connectivity index is 0.00000363. The Morgan fingerprint density at radius 1 is 1.19 bits per heavy atom. The minimum Gasteiger partial charge on any atom is -0.497 e. The third-order valence-corrected chi connectivity index (χ3v) is 5.31. The second kappa shape index (κ2) is 10.4. The maximum atomic E-state index is 13.1. The van der Waals surface area contributed by atoms with E-state index >= 15 is 0 Å². The van der Waals surface area contributed by atoms with Crippen molar-refractivity contribution in [3.63, 3.8) is 0 Å². The standard InChI is InChI=1S/C24H28N4O3.H2/c1-27-15-7-10-22(27)23(29)26-13-11-19(16-18-8-5-4-6-9-18)28(2)24(30)21-17-20(31-3)12-14-25-21;/h4-10,12,14-15,17,19H,11,13,16H2,1-3H3,(H,26,29);1H/t19-;/m1./s1. The third kappa shape index (κ3) is 5.72. The normalized spacial score (nSPS) is 11.6. The topological polar surface area (TPSA) is 76.5 Å². The van der Waals surface area contributed by atoms with Gasteiger partial charge >= 0.3 is 0 Å². The predicted octanol–water partition coefficient (Wildman–Crippen LogP) is 3.18. The highest BCUT2D eigenvalue weighted by Crippen LogP contribution is 2.16. The van der Waals surface area contributed by atoms with Gasteiger partial charge in [0.15, 0.2) is 0 Å². The molecule has 164 valence electrons. The highest BCUT2D eigenvalue weighted by molar-refractivity contribution is 5.93. The molecular formula is C24H30N4O3. The van der Waals surface area contributed by atoms with Gasteiger partial charge in [-0.25, -0.2) is 0 Å². The van der Waals surface area contributed by atoms with E-state index in [1.54, 1.807) is 48.0 Å². The first kappa shape index (κ1) is 22.1. The number of aromatic nitrogens is 2. The average Bonchev–Trinajstić information content (AvgIpc) is 3.24. The van der Waals surface area contributed by atoms with Gasteiger partial charge in [-0.2, -0.15) is 0 Å². The number of likely N-dealkylation sites (N-methyl/N-ethyl adjacent to an activating group) is 1. The highest BCUT2D eigenvalue weighted by Gasteiger charge is 2.23. The van der Waals surface area contributed by atoms with Crippen LogP contribution in [0.1, 0.15) is 34.4 Å². The first-order chi connectivity index (χ1) is 15.0. The van der Waals surface area contributed by atoms with Gasteiger partial charge in [0, 0.05) is 46.6 Å². The Kier molecular flexibility index (Phi) is 7.43. The van der Waals surface area contributed by atoms with Crippen LogP contribution in [0.2, 0.25) is 0 Å². The van der Waals surface area contributed by atoms with E-state index in [0.717, 1.165) is 5.56 Å². The van der Waals surface area contributed by atoms with Crippen molar-refractivity contribution >= 4 is 11.8 Å². The fraction of sp³-hybridized carbons (Fsp3) is 0.292. The average molecular weight is 423 g/mol. The van der Waals surface area contributed by atoms with E-state index in [0.29, 0.717) is 36.5 Å². The SMILES string of the molecule is COc1ccnc(C(=O)N(C)[C@H](CCNC(=O)c2cccn2C)Cc2ccccc2)c1.[HH]. The summed E-state index contributed by atoms with van der Waals surface area (Å²) in [4.78, 5) is 31.4. The lowest BCUT2D eigenvalue weighted by Crippen LogP contribution is -2.41. The number of nitrogens with one attached hydrogen (secondary N) is 1. The molecule has 7 heteroatoms. The van der Waals surface area contributed by atoms with Gasteiger partial charge in [0.05, 0.1) is 7.11 Å². The van der Waals surface area contributed by atoms with Crippen molar-refractivity contribution < 1.29 is 15.8 Å². The highest BCUT2D eigenvalue weighted by atomic mass is 16.5. The van der Waals surface area contributed by atoms with Crippen LogP contribution in [0.3, 0.4) is 0 Å². The zero-order valence-electron chi connectivity index (χ0n) is 18.1. The van der Waals surface area contributed by atoms with Crippen LogP contribution in [0.4, 0.5) is 0 Å². The van der Waals surface area contributed by atoms with Crippen molar-refractivity contribution in [3.8, 4) is 5.75 Å². The van der Waals surface area contributed by atoms with Crippen molar-refractivity contribution in [2.24, 2.45) is 7.05 Å². The zero-order valence-corrected chi connectivity index (χ0v) is 18.1. The van der Waals surface area contributed by atoms with Gasteiger partial charge < -0.3 is 19.5 Å². The fourth-order valence-corrected chi connectivity index (χ4v) is 3.46. The second-order valence-corrected chi connectivity index (χ2v) is 7.39. The molecule has 2 aromatic heterocycles. The number of carbonyl (C=O) groups is 2. The molecule has 0 saturated carbocycles. The van der Waals surface area contributed by atoms with E-state index < -0.39 is 0 Å². The Morgan fingerprint density at radius 2 is 1.97 bits per heavy atom. The molecule has 0 aliphatic carbocycles. The summed E-state index contributed by atoms with van der Waals surface area (Å²) in [7, 11) is 5.16. The van der Waals surface area contributed by atoms with Crippen molar-refractivity contribution in [1.29, 1.82) is 0 Å². The molecule has 3 rings (SSSR count). The minimum atomic E-state index is -0.186. The summed E-state index contributed by atoms with van der Waals surface area (Å²) in [5, 5.41) is 2.96. The molecule has 0 radical (unpaired) electrons. The Labute approximate surface area is 184 Å². The molecule has 0 saturated heterocycles. The molecule has 31 heavy (non-hydrogen) atoms. The monoisotopic (exact) mass is 422 g/mol. The van der Waals surface area contributed by atoms with E-state index in [2.05, 4.69) is 10.3 Å². The van der Waals surface area contributed by atoms with E-state index in [9.17, 15) is 9.59 Å². The maximum absolute atomic E-state index is 13.1. The number of amides is 2. The van der Waals surface area contributed by atoms with Crippen LogP contribution < -0.4 is 10.1 Å². The molecule has 2 amide bonds. The van der Waals surface area contributed by atoms with Crippen LogP contribution in [0.5, 0.6) is 5.75 Å². The summed E-state index contributed by atoms with van der Waals surface area (Å²) >= 11 is 0. The Morgan fingerprint density at radius 3 is 2.65 bits per heavy atom. The first-order valence-electron chi connectivity index (χ1n) is 10.2. The summed E-state index contributed by atoms with van der Waals surface area (Å²) < 4.78 is 7.00. The lowest BCUT2D eigenvalue weighted by atomic mass is 10.0. The summed E-state index contributed by atoms with van der Waals surface area (Å²) in [6.07, 6.45) is 4.68. The fourth-order valence-electron chi connectivity index (χ4n) is 3.46. The molecule has 1 aromatic carbocycles. The number of methoxy groups -OCH3 is 1. The van der Waals surface area contributed by atoms with E-state index in [4.69, 9.17) is 4.74 Å². The second-order valence-electron chi connectivity index (χ2n) is 7.39. The smallest absolute Gasteiger partial charge is 0.272 e. The molecule has 7 nitrogen and oxygen atoms in total. The number of nitrogens with zero attached hydrogens (tertiary/aromatic N) is 3. The summed E-state index contributed by atoms with van der Waals surface area (Å²) in [5.74, 6) is 0.268. The number of ether oxygens (including phenoxy) is 1. The Hall–Kier alpha value is -3.61. The third-order valence-electron chi connectivity index (χ3n) is 5.31. The Bertz CT molecular complexity index is 1020. The number of rotatable bonds is 9. The molecule has 0 aliphatic heterocycles. The van der Waals surface area contributed by atoms with Crippen molar-refractivity contribution in [3.05, 3.63) is 83.9 Å². The number of hydrogen-bond donors (Lipinski definition) is 1. The summed E-state index contributed by atoms with van der Waals surface area (Å²) in [6, 6.07) is 16.8. The first-order valence-corrected chi connectivity index (χ1v) is 10.2. The van der Waals surface area contributed by atoms with Gasteiger partial charge in [-0.3, -0.25) is 14.6 Å². The number of pyridine rings is 1. The molecule has 1 atom stereocenters. The zero-order chi connectivity index (χ0) is 22.2. The maximum Gasteiger partial charge on any atom is 0.272 e. The summed E-state index contributed by atoms with van der Waals surface area (Å²) in [6.45, 7) is 0.449. The lowest BCUT2D eigenvalue weighted by molar-refractivity contribution is 0.0716. The van der Waals surface area contributed by atoms with Crippen molar-refractivity contribution in [2.45, 2.75) is 18.9 Å². The van der Waals surface area contributed by atoms with E-state index in [-0.39, 0.29) is 19.3 Å². The molecule has 1 N–H and O–H groups in total. The van der Waals surface area contributed by atoms with Crippen LogP contribution >= 0.6 is 0 Å². The number of benzene rings is 1. The van der Waals surface area contributed by atoms with Gasteiger partial charge in [-0.05, 0) is 36.6 Å². The predicted molar refractivity (Wildman–Crippen MR) is 121 cm³/mol. The van der Waals surface area contributed by atoms with Crippen LogP contribution in [-0.2, 0) is 13.5 Å². The molecule has 0 spiro atoms. The van der Waals surface area contributed by atoms with Crippen LogP contribution in [0.25, 0.3) is 0 Å². The van der Waals surface area contributed by atoms with Gasteiger partial charge in [0.2, 0.25) is 0 Å². The molecule has 2 heterocycles. The number of aryl methyl sites for hydroxylation is 1. The van der Waals surface area contributed by atoms with Gasteiger partial charge in [-0.1, -0.05) is 30.3 Å².